The Morgan fingerprint density at radius 1 is 1.33 bits per heavy atom. The van der Waals surface area contributed by atoms with Gasteiger partial charge in [0.05, 0.1) is 25.6 Å². The molecule has 0 atom stereocenters. The zero-order valence-corrected chi connectivity index (χ0v) is 12.9. The minimum absolute atomic E-state index is 0.0106. The van der Waals surface area contributed by atoms with Gasteiger partial charge in [-0.15, -0.1) is 0 Å². The van der Waals surface area contributed by atoms with Crippen LogP contribution in [-0.4, -0.2) is 36.4 Å². The molecule has 0 radical (unpaired) electrons. The molecule has 7 heteroatoms. The van der Waals surface area contributed by atoms with E-state index in [-0.39, 0.29) is 18.0 Å². The number of amides is 1. The van der Waals surface area contributed by atoms with E-state index in [4.69, 9.17) is 14.2 Å². The summed E-state index contributed by atoms with van der Waals surface area (Å²) < 4.78 is 15.1. The summed E-state index contributed by atoms with van der Waals surface area (Å²) in [5.74, 6) is -0.236. The minimum Gasteiger partial charge on any atom is -0.495 e. The first-order valence-electron chi connectivity index (χ1n) is 6.48. The van der Waals surface area contributed by atoms with Gasteiger partial charge in [-0.3, -0.25) is 5.32 Å². The van der Waals surface area contributed by atoms with Crippen LogP contribution < -0.4 is 10.1 Å². The fourth-order valence-electron chi connectivity index (χ4n) is 1.43. The summed E-state index contributed by atoms with van der Waals surface area (Å²) in [6.07, 6.45) is 0.676. The van der Waals surface area contributed by atoms with Crippen LogP contribution in [0.3, 0.4) is 0 Å². The summed E-state index contributed by atoms with van der Waals surface area (Å²) in [4.78, 5) is 27.6. The Bertz CT molecular complexity index is 523. The third-order valence-corrected chi connectivity index (χ3v) is 2.20. The van der Waals surface area contributed by atoms with Crippen LogP contribution in [0.1, 0.15) is 38.2 Å². The van der Waals surface area contributed by atoms with Crippen molar-refractivity contribution in [3.8, 4) is 5.75 Å². The third kappa shape index (κ3) is 5.29. The number of anilines is 1. The Morgan fingerprint density at radius 2 is 2.00 bits per heavy atom. The summed E-state index contributed by atoms with van der Waals surface area (Å²) in [5, 5.41) is 2.48. The van der Waals surface area contributed by atoms with Gasteiger partial charge >= 0.3 is 12.1 Å². The molecule has 1 amide bonds. The number of ether oxygens (including phenoxy) is 3. The highest BCUT2D eigenvalue weighted by Gasteiger charge is 2.21. The maximum atomic E-state index is 11.8. The van der Waals surface area contributed by atoms with Crippen LogP contribution in [0.5, 0.6) is 5.75 Å². The molecular weight excluding hydrogens is 276 g/mol. The number of esters is 1. The van der Waals surface area contributed by atoms with E-state index < -0.39 is 17.7 Å². The Morgan fingerprint density at radius 3 is 2.52 bits per heavy atom. The predicted octanol–water partition coefficient (Wildman–Crippen LogP) is 2.61. The van der Waals surface area contributed by atoms with Gasteiger partial charge in [-0.2, -0.15) is 0 Å². The lowest BCUT2D eigenvalue weighted by atomic mass is 10.2. The van der Waals surface area contributed by atoms with E-state index in [1.807, 2.05) is 0 Å². The molecule has 1 N–H and O–H groups in total. The molecule has 0 aromatic carbocycles. The molecule has 0 aliphatic rings. The molecular formula is C14H20N2O5. The van der Waals surface area contributed by atoms with Crippen molar-refractivity contribution < 1.29 is 23.8 Å². The molecule has 0 saturated carbocycles. The van der Waals surface area contributed by atoms with E-state index in [1.165, 1.54) is 19.4 Å². The number of methoxy groups -OCH3 is 1. The molecule has 0 bridgehead atoms. The molecule has 0 spiro atoms. The molecule has 7 nitrogen and oxygen atoms in total. The van der Waals surface area contributed by atoms with Crippen molar-refractivity contribution in [2.75, 3.05) is 19.0 Å². The van der Waals surface area contributed by atoms with Gasteiger partial charge in [0.1, 0.15) is 11.4 Å². The van der Waals surface area contributed by atoms with Gasteiger partial charge in [0.2, 0.25) is 0 Å². The standard InChI is InChI=1S/C14H20N2O5/c1-6-20-12(17)11-10(7-9(19-5)8-15-11)16-13(18)21-14(2,3)4/h7-8H,6H2,1-5H3,(H,16,18). The average Bonchev–Trinajstić information content (AvgIpc) is 2.36. The van der Waals surface area contributed by atoms with Crippen molar-refractivity contribution in [3.05, 3.63) is 18.0 Å². The van der Waals surface area contributed by atoms with Crippen molar-refractivity contribution in [3.63, 3.8) is 0 Å². The highest BCUT2D eigenvalue weighted by atomic mass is 16.6. The molecule has 1 aromatic rings. The molecule has 0 fully saturated rings. The number of pyridine rings is 1. The monoisotopic (exact) mass is 296 g/mol. The van der Waals surface area contributed by atoms with Crippen molar-refractivity contribution in [1.82, 2.24) is 4.98 Å². The van der Waals surface area contributed by atoms with E-state index in [9.17, 15) is 9.59 Å². The van der Waals surface area contributed by atoms with Gasteiger partial charge in [-0.05, 0) is 27.7 Å². The second kappa shape index (κ2) is 6.92. The summed E-state index contributed by atoms with van der Waals surface area (Å²) in [5.41, 5.74) is -0.494. The van der Waals surface area contributed by atoms with Crippen molar-refractivity contribution in [2.24, 2.45) is 0 Å². The summed E-state index contributed by atoms with van der Waals surface area (Å²) >= 11 is 0. The van der Waals surface area contributed by atoms with Gasteiger partial charge in [-0.1, -0.05) is 0 Å². The molecule has 0 aliphatic carbocycles. The fraction of sp³-hybridized carbons (Fsp3) is 0.500. The van der Waals surface area contributed by atoms with E-state index in [0.29, 0.717) is 5.75 Å². The van der Waals surface area contributed by atoms with E-state index in [0.717, 1.165) is 0 Å². The average molecular weight is 296 g/mol. The smallest absolute Gasteiger partial charge is 0.412 e. The van der Waals surface area contributed by atoms with Crippen LogP contribution in [0, 0.1) is 0 Å². The van der Waals surface area contributed by atoms with Crippen LogP contribution >= 0.6 is 0 Å². The zero-order chi connectivity index (χ0) is 16.0. The minimum atomic E-state index is -0.692. The zero-order valence-electron chi connectivity index (χ0n) is 12.9. The Balaban J connectivity index is 3.01. The Hall–Kier alpha value is -2.31. The topological polar surface area (TPSA) is 86.8 Å². The number of carbonyl (C=O) groups is 2. The molecule has 21 heavy (non-hydrogen) atoms. The number of rotatable bonds is 4. The number of carbonyl (C=O) groups excluding carboxylic acids is 2. The van der Waals surface area contributed by atoms with Gasteiger partial charge in [0.25, 0.3) is 0 Å². The van der Waals surface area contributed by atoms with E-state index >= 15 is 0 Å². The van der Waals surface area contributed by atoms with E-state index in [1.54, 1.807) is 27.7 Å². The summed E-state index contributed by atoms with van der Waals surface area (Å²) in [7, 11) is 1.46. The van der Waals surface area contributed by atoms with Gasteiger partial charge < -0.3 is 14.2 Å². The van der Waals surface area contributed by atoms with Crippen molar-refractivity contribution in [2.45, 2.75) is 33.3 Å². The SMILES string of the molecule is CCOC(=O)c1ncc(OC)cc1NC(=O)OC(C)(C)C. The maximum Gasteiger partial charge on any atom is 0.412 e. The quantitative estimate of drug-likeness (QED) is 0.859. The Kier molecular flexibility index (Phi) is 5.52. The Labute approximate surface area is 123 Å². The van der Waals surface area contributed by atoms with Crippen LogP contribution in [0.15, 0.2) is 12.3 Å². The normalized spacial score (nSPS) is 10.7. The van der Waals surface area contributed by atoms with Crippen LogP contribution in [0.4, 0.5) is 10.5 Å². The first-order chi connectivity index (χ1) is 9.76. The maximum absolute atomic E-state index is 11.8. The lowest BCUT2D eigenvalue weighted by molar-refractivity contribution is 0.0520. The predicted molar refractivity (Wildman–Crippen MR) is 76.6 cm³/mol. The molecule has 0 aliphatic heterocycles. The molecule has 1 heterocycles. The van der Waals surface area contributed by atoms with Crippen LogP contribution in [0.25, 0.3) is 0 Å². The van der Waals surface area contributed by atoms with Crippen molar-refractivity contribution in [1.29, 1.82) is 0 Å². The van der Waals surface area contributed by atoms with E-state index in [2.05, 4.69) is 10.3 Å². The first kappa shape index (κ1) is 16.7. The first-order valence-corrected chi connectivity index (χ1v) is 6.48. The van der Waals surface area contributed by atoms with Gasteiger partial charge in [0.15, 0.2) is 5.69 Å². The summed E-state index contributed by atoms with van der Waals surface area (Å²) in [6, 6.07) is 1.48. The number of nitrogens with one attached hydrogen (secondary N) is 1. The highest BCUT2D eigenvalue weighted by molar-refractivity contribution is 5.98. The molecule has 0 saturated heterocycles. The number of nitrogens with zero attached hydrogens (tertiary/aromatic N) is 1. The second-order valence-electron chi connectivity index (χ2n) is 5.12. The molecule has 1 rings (SSSR count). The molecule has 1 aromatic heterocycles. The second-order valence-corrected chi connectivity index (χ2v) is 5.12. The highest BCUT2D eigenvalue weighted by Crippen LogP contribution is 2.21. The van der Waals surface area contributed by atoms with Crippen LogP contribution in [-0.2, 0) is 9.47 Å². The number of hydrogen-bond acceptors (Lipinski definition) is 6. The molecule has 0 unspecified atom stereocenters. The largest absolute Gasteiger partial charge is 0.495 e. The van der Waals surface area contributed by atoms with Gasteiger partial charge in [-0.25, -0.2) is 14.6 Å². The summed E-state index contributed by atoms with van der Waals surface area (Å²) in [6.45, 7) is 7.11. The lowest BCUT2D eigenvalue weighted by Gasteiger charge is -2.20. The third-order valence-electron chi connectivity index (χ3n) is 2.20. The fourth-order valence-corrected chi connectivity index (χ4v) is 1.43. The molecule has 116 valence electrons. The van der Waals surface area contributed by atoms with Crippen molar-refractivity contribution >= 4 is 17.7 Å². The van der Waals surface area contributed by atoms with Gasteiger partial charge in [0, 0.05) is 6.07 Å². The number of hydrogen-bond donors (Lipinski definition) is 1. The number of aromatic nitrogens is 1. The van der Waals surface area contributed by atoms with Crippen LogP contribution in [0.2, 0.25) is 0 Å². The lowest BCUT2D eigenvalue weighted by Crippen LogP contribution is -2.28.